The Labute approximate surface area is 148 Å². The second-order valence-corrected chi connectivity index (χ2v) is 6.47. The van der Waals surface area contributed by atoms with Gasteiger partial charge in [0.15, 0.2) is 0 Å². The van der Waals surface area contributed by atoms with Gasteiger partial charge in [-0.05, 0) is 42.8 Å². The average molecular weight is 360 g/mol. The molecule has 0 aliphatic heterocycles. The summed E-state index contributed by atoms with van der Waals surface area (Å²) in [5, 5.41) is 12.7. The lowest BCUT2D eigenvalue weighted by Crippen LogP contribution is -2.12. The fraction of sp³-hybridized carbons (Fsp3) is 0.118. The van der Waals surface area contributed by atoms with Gasteiger partial charge < -0.3 is 4.74 Å². The van der Waals surface area contributed by atoms with Gasteiger partial charge >= 0.3 is 0 Å². The van der Waals surface area contributed by atoms with Gasteiger partial charge in [-0.15, -0.1) is 10.2 Å². The van der Waals surface area contributed by atoms with Crippen molar-refractivity contribution in [2.75, 3.05) is 12.4 Å². The van der Waals surface area contributed by atoms with E-state index in [0.29, 0.717) is 20.7 Å². The monoisotopic (exact) mass is 359 g/mol. The Bertz CT molecular complexity index is 878. The van der Waals surface area contributed by atoms with E-state index in [4.69, 9.17) is 16.3 Å². The summed E-state index contributed by atoms with van der Waals surface area (Å²) in [6.07, 6.45) is 0. The number of carbonyl (C=O) groups is 1. The van der Waals surface area contributed by atoms with Crippen molar-refractivity contribution in [3.05, 3.63) is 58.6 Å². The van der Waals surface area contributed by atoms with Crippen molar-refractivity contribution in [1.29, 1.82) is 0 Å². The third-order valence-electron chi connectivity index (χ3n) is 3.39. The van der Waals surface area contributed by atoms with Gasteiger partial charge in [0.1, 0.15) is 10.8 Å². The molecule has 1 heterocycles. The average Bonchev–Trinajstić information content (AvgIpc) is 3.04. The first-order chi connectivity index (χ1) is 11.6. The molecule has 24 heavy (non-hydrogen) atoms. The Morgan fingerprint density at radius 2 is 1.92 bits per heavy atom. The highest BCUT2D eigenvalue weighted by atomic mass is 35.5. The van der Waals surface area contributed by atoms with E-state index < -0.39 is 0 Å². The van der Waals surface area contributed by atoms with Crippen LogP contribution >= 0.6 is 22.9 Å². The maximum Gasteiger partial charge on any atom is 0.257 e. The molecule has 3 rings (SSSR count). The molecule has 1 N–H and O–H groups in total. The number of nitrogens with one attached hydrogen (secondary N) is 1. The lowest BCUT2D eigenvalue weighted by molar-refractivity contribution is 0.102. The van der Waals surface area contributed by atoms with Crippen molar-refractivity contribution in [3.8, 4) is 16.3 Å². The molecule has 0 atom stereocenters. The fourth-order valence-corrected chi connectivity index (χ4v) is 3.04. The van der Waals surface area contributed by atoms with Crippen LogP contribution < -0.4 is 10.1 Å². The van der Waals surface area contributed by atoms with Crippen LogP contribution in [0.1, 0.15) is 15.9 Å². The number of hydrogen-bond donors (Lipinski definition) is 1. The number of anilines is 1. The first-order valence-corrected chi connectivity index (χ1v) is 8.31. The first kappa shape index (κ1) is 16.4. The number of carbonyl (C=O) groups excluding carboxylic acids is 1. The Balaban J connectivity index is 1.75. The van der Waals surface area contributed by atoms with Crippen LogP contribution in [0.3, 0.4) is 0 Å². The van der Waals surface area contributed by atoms with Crippen LogP contribution in [0, 0.1) is 6.92 Å². The standard InChI is InChI=1S/C17H14ClN3O2S/c1-10-9-12(5-8-14(10)23-2)15(22)19-17-21-20-16(24-17)11-3-6-13(18)7-4-11/h3-9H,1-2H3,(H,19,21,22). The van der Waals surface area contributed by atoms with Crippen molar-refractivity contribution in [1.82, 2.24) is 10.2 Å². The third kappa shape index (κ3) is 3.55. The summed E-state index contributed by atoms with van der Waals surface area (Å²) in [6.45, 7) is 1.89. The summed E-state index contributed by atoms with van der Waals surface area (Å²) in [5.74, 6) is 0.507. The SMILES string of the molecule is COc1ccc(C(=O)Nc2nnc(-c3ccc(Cl)cc3)s2)cc1C. The molecular formula is C17H14ClN3O2S. The van der Waals surface area contributed by atoms with Gasteiger partial charge in [0.25, 0.3) is 5.91 Å². The molecule has 7 heteroatoms. The topological polar surface area (TPSA) is 64.1 Å². The van der Waals surface area contributed by atoms with Crippen molar-refractivity contribution in [2.45, 2.75) is 6.92 Å². The molecule has 1 amide bonds. The number of rotatable bonds is 4. The zero-order valence-corrected chi connectivity index (χ0v) is 14.6. The molecule has 0 spiro atoms. The number of amides is 1. The zero-order valence-electron chi connectivity index (χ0n) is 13.0. The summed E-state index contributed by atoms with van der Waals surface area (Å²) >= 11 is 7.18. The Hall–Kier alpha value is -2.44. The molecule has 0 saturated carbocycles. The van der Waals surface area contributed by atoms with Crippen LogP contribution in [-0.2, 0) is 0 Å². The summed E-state index contributed by atoms with van der Waals surface area (Å²) in [7, 11) is 1.60. The highest BCUT2D eigenvalue weighted by molar-refractivity contribution is 7.18. The van der Waals surface area contributed by atoms with Gasteiger partial charge in [-0.1, -0.05) is 35.1 Å². The molecule has 0 bridgehead atoms. The van der Waals surface area contributed by atoms with E-state index in [1.54, 1.807) is 37.4 Å². The van der Waals surface area contributed by atoms with Crippen LogP contribution in [0.4, 0.5) is 5.13 Å². The summed E-state index contributed by atoms with van der Waals surface area (Å²) in [4.78, 5) is 12.3. The van der Waals surface area contributed by atoms with Crippen molar-refractivity contribution >= 4 is 34.0 Å². The molecule has 0 fully saturated rings. The summed E-state index contributed by atoms with van der Waals surface area (Å²) < 4.78 is 5.20. The number of ether oxygens (including phenoxy) is 1. The van der Waals surface area contributed by atoms with Crippen LogP contribution in [0.15, 0.2) is 42.5 Å². The first-order valence-electron chi connectivity index (χ1n) is 7.12. The van der Waals surface area contributed by atoms with Crippen LogP contribution in [-0.4, -0.2) is 23.2 Å². The van der Waals surface area contributed by atoms with Gasteiger partial charge in [0.2, 0.25) is 5.13 Å². The number of hydrogen-bond acceptors (Lipinski definition) is 5. The highest BCUT2D eigenvalue weighted by Crippen LogP contribution is 2.27. The van der Waals surface area contributed by atoms with Crippen molar-refractivity contribution in [2.24, 2.45) is 0 Å². The normalized spacial score (nSPS) is 10.5. The molecule has 0 unspecified atom stereocenters. The van der Waals surface area contributed by atoms with Crippen LogP contribution in [0.25, 0.3) is 10.6 Å². The van der Waals surface area contributed by atoms with E-state index in [1.165, 1.54) is 11.3 Å². The number of methoxy groups -OCH3 is 1. The van der Waals surface area contributed by atoms with Gasteiger partial charge in [-0.25, -0.2) is 0 Å². The fourth-order valence-electron chi connectivity index (χ4n) is 2.17. The van der Waals surface area contributed by atoms with Crippen LogP contribution in [0.2, 0.25) is 5.02 Å². The van der Waals surface area contributed by atoms with Gasteiger partial charge in [-0.3, -0.25) is 10.1 Å². The highest BCUT2D eigenvalue weighted by Gasteiger charge is 2.12. The number of nitrogens with zero attached hydrogens (tertiary/aromatic N) is 2. The molecule has 0 saturated heterocycles. The van der Waals surface area contributed by atoms with E-state index in [0.717, 1.165) is 16.9 Å². The minimum absolute atomic E-state index is 0.237. The molecule has 0 aliphatic carbocycles. The van der Waals surface area contributed by atoms with Crippen LogP contribution in [0.5, 0.6) is 5.75 Å². The number of benzene rings is 2. The quantitative estimate of drug-likeness (QED) is 0.748. The predicted octanol–water partition coefficient (Wildman–Crippen LogP) is 4.43. The van der Waals surface area contributed by atoms with Crippen molar-refractivity contribution in [3.63, 3.8) is 0 Å². The molecule has 1 aromatic heterocycles. The zero-order chi connectivity index (χ0) is 17.1. The van der Waals surface area contributed by atoms with Gasteiger partial charge in [0.05, 0.1) is 7.11 Å². The lowest BCUT2D eigenvalue weighted by Gasteiger charge is -2.06. The van der Waals surface area contributed by atoms with E-state index >= 15 is 0 Å². The molecule has 3 aromatic rings. The number of aryl methyl sites for hydroxylation is 1. The van der Waals surface area contributed by atoms with E-state index in [-0.39, 0.29) is 5.91 Å². The Morgan fingerprint density at radius 3 is 2.58 bits per heavy atom. The molecule has 122 valence electrons. The molecular weight excluding hydrogens is 346 g/mol. The maximum atomic E-state index is 12.3. The van der Waals surface area contributed by atoms with Crippen molar-refractivity contribution < 1.29 is 9.53 Å². The minimum Gasteiger partial charge on any atom is -0.496 e. The maximum absolute atomic E-state index is 12.3. The van der Waals surface area contributed by atoms with E-state index in [1.807, 2.05) is 19.1 Å². The van der Waals surface area contributed by atoms with Gasteiger partial charge in [-0.2, -0.15) is 0 Å². The van der Waals surface area contributed by atoms with Gasteiger partial charge in [0, 0.05) is 16.1 Å². The largest absolute Gasteiger partial charge is 0.496 e. The Kier molecular flexibility index (Phi) is 4.78. The molecule has 0 aliphatic rings. The smallest absolute Gasteiger partial charge is 0.257 e. The second-order valence-electron chi connectivity index (χ2n) is 5.06. The molecule has 0 radical (unpaired) electrons. The summed E-state index contributed by atoms with van der Waals surface area (Å²) in [5.41, 5.74) is 2.33. The molecule has 5 nitrogen and oxygen atoms in total. The van der Waals surface area contributed by atoms with E-state index in [9.17, 15) is 4.79 Å². The number of halogens is 1. The number of aromatic nitrogens is 2. The molecule has 2 aromatic carbocycles. The van der Waals surface area contributed by atoms with E-state index in [2.05, 4.69) is 15.5 Å². The second kappa shape index (κ2) is 6.98. The Morgan fingerprint density at radius 1 is 1.17 bits per heavy atom. The summed E-state index contributed by atoms with van der Waals surface area (Å²) in [6, 6.07) is 12.6. The predicted molar refractivity (Wildman–Crippen MR) is 96.0 cm³/mol. The third-order valence-corrected chi connectivity index (χ3v) is 4.53. The minimum atomic E-state index is -0.237. The lowest BCUT2D eigenvalue weighted by atomic mass is 10.1.